The van der Waals surface area contributed by atoms with Gasteiger partial charge in [0.2, 0.25) is 0 Å². The summed E-state index contributed by atoms with van der Waals surface area (Å²) in [5, 5.41) is 2.32. The van der Waals surface area contributed by atoms with E-state index < -0.39 is 0 Å². The Morgan fingerprint density at radius 1 is 0.522 bits per heavy atom. The van der Waals surface area contributed by atoms with E-state index in [1.54, 1.807) is 0 Å². The van der Waals surface area contributed by atoms with Gasteiger partial charge < -0.3 is 4.42 Å². The molecule has 0 saturated heterocycles. The minimum absolute atomic E-state index is 0.927. The fourth-order valence-electron chi connectivity index (χ4n) is 6.42. The highest BCUT2D eigenvalue weighted by Gasteiger charge is 2.12. The highest BCUT2D eigenvalue weighted by molar-refractivity contribution is 6.09. The Balaban J connectivity index is 1.14. The van der Waals surface area contributed by atoms with Crippen LogP contribution in [0.25, 0.3) is 66.5 Å². The molecule has 1 aromatic heterocycles. The van der Waals surface area contributed by atoms with Gasteiger partial charge in [-0.1, -0.05) is 172 Å². The molecule has 7 aromatic rings. The van der Waals surface area contributed by atoms with Crippen LogP contribution in [-0.2, 0) is 0 Å². The summed E-state index contributed by atoms with van der Waals surface area (Å²) in [6.45, 7) is 4.47. The fourth-order valence-corrected chi connectivity index (χ4v) is 6.42. The molecular formula is C45H38O. The Labute approximate surface area is 272 Å². The SMILES string of the molecule is CC/C=C(/C=C(\CCC)c1ccc(-c2ccc(-c3cccc4c3oc3ccccc34)cc2)cc1)c1ccc(-c2ccccc2)cc1. The lowest BCUT2D eigenvalue weighted by Crippen LogP contribution is -1.89. The molecule has 1 heterocycles. The van der Waals surface area contributed by atoms with Gasteiger partial charge in [-0.3, -0.25) is 0 Å². The van der Waals surface area contributed by atoms with Gasteiger partial charge >= 0.3 is 0 Å². The van der Waals surface area contributed by atoms with E-state index in [9.17, 15) is 0 Å². The van der Waals surface area contributed by atoms with Crippen molar-refractivity contribution in [2.45, 2.75) is 33.1 Å². The van der Waals surface area contributed by atoms with Crippen molar-refractivity contribution >= 4 is 33.1 Å². The van der Waals surface area contributed by atoms with Crippen molar-refractivity contribution < 1.29 is 4.42 Å². The number of rotatable bonds is 9. The molecule has 0 bridgehead atoms. The minimum atomic E-state index is 0.927. The molecule has 0 radical (unpaired) electrons. The molecule has 7 rings (SSSR count). The molecule has 0 unspecified atom stereocenters. The first-order chi connectivity index (χ1) is 22.7. The van der Waals surface area contributed by atoms with Crippen LogP contribution in [0.4, 0.5) is 0 Å². The van der Waals surface area contributed by atoms with Gasteiger partial charge in [0.25, 0.3) is 0 Å². The van der Waals surface area contributed by atoms with E-state index in [1.807, 2.05) is 12.1 Å². The van der Waals surface area contributed by atoms with Crippen LogP contribution in [0.15, 0.2) is 162 Å². The van der Waals surface area contributed by atoms with E-state index in [-0.39, 0.29) is 0 Å². The summed E-state index contributed by atoms with van der Waals surface area (Å²) in [5.74, 6) is 0. The molecule has 0 aliphatic heterocycles. The summed E-state index contributed by atoms with van der Waals surface area (Å²) in [7, 11) is 0. The topological polar surface area (TPSA) is 13.1 Å². The first-order valence-electron chi connectivity index (χ1n) is 16.4. The molecule has 0 fully saturated rings. The quantitative estimate of drug-likeness (QED) is 0.152. The van der Waals surface area contributed by atoms with Crippen molar-refractivity contribution in [2.75, 3.05) is 0 Å². The molecule has 0 saturated carbocycles. The lowest BCUT2D eigenvalue weighted by molar-refractivity contribution is 0.670. The first kappa shape index (κ1) is 29.3. The van der Waals surface area contributed by atoms with E-state index in [4.69, 9.17) is 4.42 Å². The van der Waals surface area contributed by atoms with E-state index in [0.29, 0.717) is 0 Å². The minimum Gasteiger partial charge on any atom is -0.455 e. The Morgan fingerprint density at radius 3 is 1.76 bits per heavy atom. The third kappa shape index (κ3) is 5.97. The molecule has 0 atom stereocenters. The molecule has 0 aliphatic rings. The van der Waals surface area contributed by atoms with Crippen molar-refractivity contribution in [3.63, 3.8) is 0 Å². The maximum atomic E-state index is 6.29. The summed E-state index contributed by atoms with van der Waals surface area (Å²) in [5.41, 5.74) is 14.2. The number of hydrogen-bond acceptors (Lipinski definition) is 1. The molecule has 0 N–H and O–H groups in total. The molecule has 1 nitrogen and oxygen atoms in total. The van der Waals surface area contributed by atoms with E-state index in [1.165, 1.54) is 44.5 Å². The van der Waals surface area contributed by atoms with E-state index >= 15 is 0 Å². The maximum Gasteiger partial charge on any atom is 0.143 e. The van der Waals surface area contributed by atoms with Crippen LogP contribution >= 0.6 is 0 Å². The van der Waals surface area contributed by atoms with Crippen molar-refractivity contribution in [1.82, 2.24) is 0 Å². The van der Waals surface area contributed by atoms with Crippen LogP contribution in [0.3, 0.4) is 0 Å². The molecule has 0 aliphatic carbocycles. The number of fused-ring (bicyclic) bond motifs is 3. The van der Waals surface area contributed by atoms with Crippen molar-refractivity contribution in [3.8, 4) is 33.4 Å². The molecule has 6 aromatic carbocycles. The fraction of sp³-hybridized carbons (Fsp3) is 0.111. The van der Waals surface area contributed by atoms with Crippen LogP contribution < -0.4 is 0 Å². The number of allylic oxidation sites excluding steroid dienone is 4. The van der Waals surface area contributed by atoms with Crippen molar-refractivity contribution in [2.24, 2.45) is 0 Å². The predicted octanol–water partition coefficient (Wildman–Crippen LogP) is 13.3. The molecule has 0 amide bonds. The first-order valence-corrected chi connectivity index (χ1v) is 16.4. The van der Waals surface area contributed by atoms with Crippen LogP contribution in [0.5, 0.6) is 0 Å². The van der Waals surface area contributed by atoms with Gasteiger partial charge in [-0.15, -0.1) is 0 Å². The lowest BCUT2D eigenvalue weighted by Gasteiger charge is -2.12. The van der Waals surface area contributed by atoms with Gasteiger partial charge in [0, 0.05) is 16.3 Å². The smallest absolute Gasteiger partial charge is 0.143 e. The highest BCUT2D eigenvalue weighted by Crippen LogP contribution is 2.36. The van der Waals surface area contributed by atoms with E-state index in [2.05, 4.69) is 159 Å². The standard InChI is InChI=1S/C45H38O/c1-3-11-39(36-23-19-33(20-24-36)32-13-6-5-7-14-32)31-40(12-4-2)37-25-21-34(22-26-37)35-27-29-38(30-28-35)41-16-10-17-43-42-15-8-9-18-44(42)46-45(41)43/h5-11,13-31H,3-4,12H2,1-2H3/b39-11-,40-31+. The number of hydrogen-bond donors (Lipinski definition) is 0. The van der Waals surface area contributed by atoms with Crippen LogP contribution in [-0.4, -0.2) is 0 Å². The lowest BCUT2D eigenvalue weighted by atomic mass is 9.93. The second kappa shape index (κ2) is 13.3. The molecule has 46 heavy (non-hydrogen) atoms. The summed E-state index contributed by atoms with van der Waals surface area (Å²) >= 11 is 0. The van der Waals surface area contributed by atoms with Gasteiger partial charge in [0.05, 0.1) is 0 Å². The van der Waals surface area contributed by atoms with Gasteiger partial charge in [0.1, 0.15) is 11.2 Å². The monoisotopic (exact) mass is 594 g/mol. The molecule has 224 valence electrons. The number of benzene rings is 6. The summed E-state index contributed by atoms with van der Waals surface area (Å²) in [6, 6.07) is 52.1. The van der Waals surface area contributed by atoms with Crippen molar-refractivity contribution in [1.29, 1.82) is 0 Å². The third-order valence-corrected chi connectivity index (χ3v) is 8.79. The van der Waals surface area contributed by atoms with Crippen LogP contribution in [0.2, 0.25) is 0 Å². The van der Waals surface area contributed by atoms with Crippen LogP contribution in [0, 0.1) is 0 Å². The average molecular weight is 595 g/mol. The zero-order chi connectivity index (χ0) is 31.3. The predicted molar refractivity (Wildman–Crippen MR) is 198 cm³/mol. The molecule has 1 heteroatoms. The van der Waals surface area contributed by atoms with E-state index in [0.717, 1.165) is 52.3 Å². The molecule has 0 spiro atoms. The zero-order valence-corrected chi connectivity index (χ0v) is 26.5. The Kier molecular flexibility index (Phi) is 8.48. The second-order valence-corrected chi connectivity index (χ2v) is 11.9. The summed E-state index contributed by atoms with van der Waals surface area (Å²) in [6.07, 6.45) is 7.86. The highest BCUT2D eigenvalue weighted by atomic mass is 16.3. The molecular weight excluding hydrogens is 556 g/mol. The average Bonchev–Trinajstić information content (AvgIpc) is 3.51. The Morgan fingerprint density at radius 2 is 1.09 bits per heavy atom. The Bertz CT molecular complexity index is 2140. The van der Waals surface area contributed by atoms with Gasteiger partial charge in [-0.05, 0) is 69.0 Å². The second-order valence-electron chi connectivity index (χ2n) is 11.9. The largest absolute Gasteiger partial charge is 0.455 e. The van der Waals surface area contributed by atoms with Gasteiger partial charge in [-0.2, -0.15) is 0 Å². The van der Waals surface area contributed by atoms with Gasteiger partial charge in [0.15, 0.2) is 0 Å². The third-order valence-electron chi connectivity index (χ3n) is 8.79. The summed E-state index contributed by atoms with van der Waals surface area (Å²) in [4.78, 5) is 0. The van der Waals surface area contributed by atoms with Gasteiger partial charge in [-0.25, -0.2) is 0 Å². The Hall–Kier alpha value is -5.40. The van der Waals surface area contributed by atoms with Crippen molar-refractivity contribution in [3.05, 3.63) is 169 Å². The normalized spacial score (nSPS) is 12.2. The summed E-state index contributed by atoms with van der Waals surface area (Å²) < 4.78 is 6.29. The number of furan rings is 1. The maximum absolute atomic E-state index is 6.29. The zero-order valence-electron chi connectivity index (χ0n) is 26.5. The van der Waals surface area contributed by atoms with Crippen LogP contribution in [0.1, 0.15) is 44.2 Å². The number of para-hydroxylation sites is 2.